The van der Waals surface area contributed by atoms with E-state index in [1.54, 1.807) is 0 Å². The predicted octanol–water partition coefficient (Wildman–Crippen LogP) is 3.50. The fourth-order valence-corrected chi connectivity index (χ4v) is 3.22. The van der Waals surface area contributed by atoms with E-state index in [1.165, 1.54) is 37.7 Å². The maximum Gasteiger partial charge on any atom is 0.227 e. The molecule has 1 fully saturated rings. The van der Waals surface area contributed by atoms with Gasteiger partial charge in [0.25, 0.3) is 0 Å². The van der Waals surface area contributed by atoms with Crippen LogP contribution in [0.2, 0.25) is 0 Å². The van der Waals surface area contributed by atoms with Crippen LogP contribution in [0.1, 0.15) is 43.6 Å². The zero-order chi connectivity index (χ0) is 14.7. The van der Waals surface area contributed by atoms with Crippen molar-refractivity contribution < 1.29 is 4.52 Å². The third-order valence-electron chi connectivity index (χ3n) is 4.65. The summed E-state index contributed by atoms with van der Waals surface area (Å²) in [5, 5.41) is 4.12. The van der Waals surface area contributed by atoms with E-state index in [-0.39, 0.29) is 5.41 Å². The van der Waals surface area contributed by atoms with E-state index in [0.717, 1.165) is 17.9 Å². The van der Waals surface area contributed by atoms with Crippen molar-refractivity contribution in [1.29, 1.82) is 0 Å². The summed E-state index contributed by atoms with van der Waals surface area (Å²) in [6.07, 6.45) is 6.99. The van der Waals surface area contributed by atoms with Crippen molar-refractivity contribution in [2.75, 3.05) is 6.54 Å². The van der Waals surface area contributed by atoms with Crippen molar-refractivity contribution >= 4 is 0 Å². The van der Waals surface area contributed by atoms with Crippen LogP contribution in [0.4, 0.5) is 0 Å². The second kappa shape index (κ2) is 5.98. The van der Waals surface area contributed by atoms with Crippen LogP contribution in [0.15, 0.2) is 28.8 Å². The Morgan fingerprint density at radius 1 is 1.14 bits per heavy atom. The van der Waals surface area contributed by atoms with Crippen molar-refractivity contribution in [2.24, 2.45) is 11.1 Å². The Morgan fingerprint density at radius 3 is 2.52 bits per heavy atom. The minimum atomic E-state index is 0.162. The summed E-state index contributed by atoms with van der Waals surface area (Å²) in [7, 11) is 0. The molecule has 0 radical (unpaired) electrons. The molecule has 0 atom stereocenters. The van der Waals surface area contributed by atoms with Gasteiger partial charge >= 0.3 is 0 Å². The molecule has 112 valence electrons. The normalized spacial score (nSPS) is 17.8. The molecule has 4 nitrogen and oxygen atoms in total. The van der Waals surface area contributed by atoms with E-state index in [1.807, 2.05) is 12.1 Å². The first-order valence-electron chi connectivity index (χ1n) is 7.80. The lowest BCUT2D eigenvalue weighted by molar-refractivity contribution is 0.177. The first kappa shape index (κ1) is 14.3. The molecule has 0 bridgehead atoms. The molecule has 3 rings (SSSR count). The summed E-state index contributed by atoms with van der Waals surface area (Å²) in [6, 6.07) is 8.19. The van der Waals surface area contributed by atoms with Crippen LogP contribution in [0.25, 0.3) is 11.4 Å². The van der Waals surface area contributed by atoms with Gasteiger partial charge in [0.05, 0.1) is 0 Å². The lowest BCUT2D eigenvalue weighted by Crippen LogP contribution is -2.35. The van der Waals surface area contributed by atoms with Gasteiger partial charge in [-0.25, -0.2) is 0 Å². The Labute approximate surface area is 125 Å². The van der Waals surface area contributed by atoms with E-state index < -0.39 is 0 Å². The number of aromatic nitrogens is 2. The molecule has 1 aliphatic rings. The summed E-state index contributed by atoms with van der Waals surface area (Å²) < 4.78 is 5.46. The van der Waals surface area contributed by atoms with Gasteiger partial charge in [-0.2, -0.15) is 4.98 Å². The molecule has 1 saturated carbocycles. The van der Waals surface area contributed by atoms with Crippen LogP contribution < -0.4 is 5.73 Å². The average molecular weight is 285 g/mol. The zero-order valence-corrected chi connectivity index (χ0v) is 12.6. The van der Waals surface area contributed by atoms with Crippen molar-refractivity contribution in [2.45, 2.75) is 45.4 Å². The van der Waals surface area contributed by atoms with Gasteiger partial charge < -0.3 is 10.3 Å². The topological polar surface area (TPSA) is 64.9 Å². The van der Waals surface area contributed by atoms with Crippen LogP contribution in [0.3, 0.4) is 0 Å². The summed E-state index contributed by atoms with van der Waals surface area (Å²) >= 11 is 0. The minimum Gasteiger partial charge on any atom is -0.339 e. The Morgan fingerprint density at radius 2 is 1.86 bits per heavy atom. The zero-order valence-electron chi connectivity index (χ0n) is 12.6. The number of nitrogens with zero attached hydrogens (tertiary/aromatic N) is 2. The Balaban J connectivity index is 1.76. The lowest BCUT2D eigenvalue weighted by atomic mass is 9.72. The smallest absolute Gasteiger partial charge is 0.227 e. The quantitative estimate of drug-likeness (QED) is 0.933. The van der Waals surface area contributed by atoms with Gasteiger partial charge in [-0.15, -0.1) is 0 Å². The summed E-state index contributed by atoms with van der Waals surface area (Å²) in [4.78, 5) is 4.56. The number of aryl methyl sites for hydroxylation is 1. The SMILES string of the molecule is Cc1ccc(-c2noc(CC3(CN)CCCCC3)n2)cc1. The second-order valence-electron chi connectivity index (χ2n) is 6.32. The van der Waals surface area contributed by atoms with E-state index in [4.69, 9.17) is 10.3 Å². The highest BCUT2D eigenvalue weighted by molar-refractivity contribution is 5.54. The van der Waals surface area contributed by atoms with Crippen LogP contribution in [0, 0.1) is 12.3 Å². The third kappa shape index (κ3) is 3.16. The number of nitrogens with two attached hydrogens (primary N) is 1. The van der Waals surface area contributed by atoms with Gasteiger partial charge in [0, 0.05) is 12.0 Å². The van der Waals surface area contributed by atoms with Gasteiger partial charge in [0.1, 0.15) is 0 Å². The average Bonchev–Trinajstić information content (AvgIpc) is 2.97. The van der Waals surface area contributed by atoms with E-state index in [9.17, 15) is 0 Å². The molecule has 2 N–H and O–H groups in total. The monoisotopic (exact) mass is 285 g/mol. The van der Waals surface area contributed by atoms with Gasteiger partial charge in [0.15, 0.2) is 0 Å². The highest BCUT2D eigenvalue weighted by Crippen LogP contribution is 2.38. The van der Waals surface area contributed by atoms with Crippen molar-refractivity contribution in [3.05, 3.63) is 35.7 Å². The molecule has 2 aromatic rings. The first-order chi connectivity index (χ1) is 10.2. The second-order valence-corrected chi connectivity index (χ2v) is 6.32. The van der Waals surface area contributed by atoms with Crippen LogP contribution in [-0.2, 0) is 6.42 Å². The number of rotatable bonds is 4. The fourth-order valence-electron chi connectivity index (χ4n) is 3.22. The third-order valence-corrected chi connectivity index (χ3v) is 4.65. The molecule has 1 aliphatic carbocycles. The highest BCUT2D eigenvalue weighted by Gasteiger charge is 2.32. The van der Waals surface area contributed by atoms with Gasteiger partial charge in [-0.3, -0.25) is 0 Å². The molecule has 0 saturated heterocycles. The Hall–Kier alpha value is -1.68. The van der Waals surface area contributed by atoms with Crippen LogP contribution in [-0.4, -0.2) is 16.7 Å². The standard InChI is InChI=1S/C17H23N3O/c1-13-5-7-14(8-6-13)16-19-15(21-20-16)11-17(12-18)9-3-2-4-10-17/h5-8H,2-4,9-12,18H2,1H3. The summed E-state index contributed by atoms with van der Waals surface area (Å²) in [6.45, 7) is 2.77. The molecule has 1 aromatic heterocycles. The van der Waals surface area contributed by atoms with Crippen LogP contribution >= 0.6 is 0 Å². The molecule has 0 unspecified atom stereocenters. The molecule has 1 heterocycles. The summed E-state index contributed by atoms with van der Waals surface area (Å²) in [5.41, 5.74) is 8.42. The molecule has 0 aliphatic heterocycles. The number of hydrogen-bond donors (Lipinski definition) is 1. The van der Waals surface area contributed by atoms with Crippen LogP contribution in [0.5, 0.6) is 0 Å². The van der Waals surface area contributed by atoms with Gasteiger partial charge in [-0.05, 0) is 31.7 Å². The summed E-state index contributed by atoms with van der Waals surface area (Å²) in [5.74, 6) is 1.39. The highest BCUT2D eigenvalue weighted by atomic mass is 16.5. The Kier molecular flexibility index (Phi) is 4.06. The van der Waals surface area contributed by atoms with Crippen molar-refractivity contribution in [1.82, 2.24) is 10.1 Å². The van der Waals surface area contributed by atoms with E-state index in [2.05, 4.69) is 29.2 Å². The largest absolute Gasteiger partial charge is 0.339 e. The number of benzene rings is 1. The maximum absolute atomic E-state index is 6.03. The number of hydrogen-bond acceptors (Lipinski definition) is 4. The van der Waals surface area contributed by atoms with Gasteiger partial charge in [-0.1, -0.05) is 54.2 Å². The molecule has 21 heavy (non-hydrogen) atoms. The molecule has 0 spiro atoms. The predicted molar refractivity (Wildman–Crippen MR) is 82.7 cm³/mol. The van der Waals surface area contributed by atoms with Crippen molar-refractivity contribution in [3.63, 3.8) is 0 Å². The minimum absolute atomic E-state index is 0.162. The van der Waals surface area contributed by atoms with Gasteiger partial charge in [0.2, 0.25) is 11.7 Å². The van der Waals surface area contributed by atoms with Crippen molar-refractivity contribution in [3.8, 4) is 11.4 Å². The lowest BCUT2D eigenvalue weighted by Gasteiger charge is -2.34. The molecule has 4 heteroatoms. The molecular weight excluding hydrogens is 262 g/mol. The fraction of sp³-hybridized carbons (Fsp3) is 0.529. The Bertz CT molecular complexity index is 582. The van der Waals surface area contributed by atoms with E-state index >= 15 is 0 Å². The molecule has 0 amide bonds. The molecule has 1 aromatic carbocycles. The maximum atomic E-state index is 6.03. The van der Waals surface area contributed by atoms with E-state index in [0.29, 0.717) is 12.4 Å². The molecular formula is C17H23N3O. The first-order valence-corrected chi connectivity index (χ1v) is 7.80.